The van der Waals surface area contributed by atoms with E-state index in [1.54, 1.807) is 11.1 Å². The molecule has 1 aromatic carbocycles. The molecule has 2 aromatic rings. The van der Waals surface area contributed by atoms with Crippen LogP contribution in [0.1, 0.15) is 50.9 Å². The van der Waals surface area contributed by atoms with Crippen LogP contribution in [0.25, 0.3) is 0 Å². The summed E-state index contributed by atoms with van der Waals surface area (Å²) < 4.78 is 20.0. The molecule has 3 rings (SSSR count). The molecule has 0 spiro atoms. The van der Waals surface area contributed by atoms with Gasteiger partial charge in [-0.3, -0.25) is 4.79 Å². The van der Waals surface area contributed by atoms with E-state index < -0.39 is 5.82 Å². The predicted molar refractivity (Wildman–Crippen MR) is 106 cm³/mol. The van der Waals surface area contributed by atoms with Gasteiger partial charge in [-0.25, -0.2) is 14.4 Å². The summed E-state index contributed by atoms with van der Waals surface area (Å²) in [4.78, 5) is 25.4. The van der Waals surface area contributed by atoms with Crippen LogP contribution in [0.3, 0.4) is 0 Å². The number of nitrogens with zero attached hydrogens (tertiary/aromatic N) is 4. The summed E-state index contributed by atoms with van der Waals surface area (Å²) in [5.41, 5.74) is 0.193. The van der Waals surface area contributed by atoms with Crippen molar-refractivity contribution < 1.29 is 13.9 Å². The second-order valence-corrected chi connectivity index (χ2v) is 7.55. The first-order chi connectivity index (χ1) is 13.4. The molecule has 1 fully saturated rings. The summed E-state index contributed by atoms with van der Waals surface area (Å²) in [7, 11) is 0. The van der Waals surface area contributed by atoms with Crippen LogP contribution < -0.4 is 9.64 Å². The first-order valence-corrected chi connectivity index (χ1v) is 9.73. The van der Waals surface area contributed by atoms with E-state index in [4.69, 9.17) is 4.74 Å². The number of amides is 1. The molecular weight excluding hydrogens is 359 g/mol. The molecule has 0 N–H and O–H groups in total. The van der Waals surface area contributed by atoms with E-state index in [1.807, 2.05) is 27.7 Å². The second kappa shape index (κ2) is 8.54. The molecule has 150 valence electrons. The molecule has 0 radical (unpaired) electrons. The zero-order chi connectivity index (χ0) is 20.3. The van der Waals surface area contributed by atoms with Gasteiger partial charge < -0.3 is 14.5 Å². The average Bonchev–Trinajstić information content (AvgIpc) is 3.17. The zero-order valence-electron chi connectivity index (χ0n) is 16.9. The summed E-state index contributed by atoms with van der Waals surface area (Å²) >= 11 is 0. The Morgan fingerprint density at radius 3 is 2.46 bits per heavy atom. The third kappa shape index (κ3) is 4.24. The highest BCUT2D eigenvalue weighted by Gasteiger charge is 2.26. The number of hydrogen-bond acceptors (Lipinski definition) is 5. The van der Waals surface area contributed by atoms with Crippen molar-refractivity contribution in [3.63, 3.8) is 0 Å². The van der Waals surface area contributed by atoms with Crippen LogP contribution >= 0.6 is 0 Å². The molecule has 0 aliphatic carbocycles. The third-order valence-electron chi connectivity index (χ3n) is 4.80. The Hall–Kier alpha value is -2.70. The molecule has 1 amide bonds. The standard InChI is InChI=1S/C21H27FN4O2/c1-14(2)26(15(3)4)21(27)17-11-16(22)7-8-18(17)28-19-12-23-13-24-20(19)25-9-5-6-10-25/h7-8,11-15H,5-6,9-10H2,1-4H3. The van der Waals surface area contributed by atoms with Crippen LogP contribution in [0.15, 0.2) is 30.7 Å². The Bertz CT molecular complexity index is 827. The van der Waals surface area contributed by atoms with Crippen molar-refractivity contribution in [1.82, 2.24) is 14.9 Å². The average molecular weight is 386 g/mol. The van der Waals surface area contributed by atoms with Crippen molar-refractivity contribution in [2.24, 2.45) is 0 Å². The molecule has 1 aliphatic heterocycles. The Morgan fingerprint density at radius 2 is 1.82 bits per heavy atom. The minimum absolute atomic E-state index is 0.0242. The third-order valence-corrected chi connectivity index (χ3v) is 4.80. The molecule has 1 aromatic heterocycles. The van der Waals surface area contributed by atoms with Gasteiger partial charge in [0.2, 0.25) is 0 Å². The number of carbonyl (C=O) groups is 1. The first-order valence-electron chi connectivity index (χ1n) is 9.73. The molecule has 1 saturated heterocycles. The van der Waals surface area contributed by atoms with Crippen molar-refractivity contribution in [2.75, 3.05) is 18.0 Å². The number of rotatable bonds is 6. The molecule has 28 heavy (non-hydrogen) atoms. The van der Waals surface area contributed by atoms with E-state index in [0.29, 0.717) is 17.3 Å². The molecule has 0 atom stereocenters. The number of hydrogen-bond donors (Lipinski definition) is 0. The van der Waals surface area contributed by atoms with Crippen molar-refractivity contribution in [1.29, 1.82) is 0 Å². The maximum Gasteiger partial charge on any atom is 0.258 e. The smallest absolute Gasteiger partial charge is 0.258 e. The minimum Gasteiger partial charge on any atom is -0.451 e. The second-order valence-electron chi connectivity index (χ2n) is 7.55. The molecular formula is C21H27FN4O2. The van der Waals surface area contributed by atoms with Crippen LogP contribution in [0, 0.1) is 5.82 Å². The van der Waals surface area contributed by atoms with Gasteiger partial charge in [0, 0.05) is 25.2 Å². The van der Waals surface area contributed by atoms with Gasteiger partial charge in [0.25, 0.3) is 5.91 Å². The molecule has 0 bridgehead atoms. The molecule has 0 unspecified atom stereocenters. The number of aromatic nitrogens is 2. The largest absolute Gasteiger partial charge is 0.451 e. The van der Waals surface area contributed by atoms with Gasteiger partial charge in [-0.1, -0.05) is 0 Å². The van der Waals surface area contributed by atoms with Crippen molar-refractivity contribution >= 4 is 11.7 Å². The Kier molecular flexibility index (Phi) is 6.11. The van der Waals surface area contributed by atoms with E-state index in [-0.39, 0.29) is 23.6 Å². The summed E-state index contributed by atoms with van der Waals surface area (Å²) in [6, 6.07) is 3.96. The number of carbonyl (C=O) groups excluding carboxylic acids is 1. The monoisotopic (exact) mass is 386 g/mol. The van der Waals surface area contributed by atoms with Crippen LogP contribution in [0.2, 0.25) is 0 Å². The van der Waals surface area contributed by atoms with E-state index in [0.717, 1.165) is 25.9 Å². The Morgan fingerprint density at radius 1 is 1.14 bits per heavy atom. The van der Waals surface area contributed by atoms with Crippen LogP contribution in [-0.2, 0) is 0 Å². The topological polar surface area (TPSA) is 58.6 Å². The highest BCUT2D eigenvalue weighted by molar-refractivity contribution is 5.97. The first kappa shape index (κ1) is 20.0. The van der Waals surface area contributed by atoms with Crippen LogP contribution in [-0.4, -0.2) is 45.9 Å². The lowest BCUT2D eigenvalue weighted by Crippen LogP contribution is -2.42. The van der Waals surface area contributed by atoms with Gasteiger partial charge in [0.05, 0.1) is 11.8 Å². The van der Waals surface area contributed by atoms with Gasteiger partial charge in [0.1, 0.15) is 17.9 Å². The van der Waals surface area contributed by atoms with E-state index >= 15 is 0 Å². The maximum atomic E-state index is 14.0. The SMILES string of the molecule is CC(C)N(C(=O)c1cc(F)ccc1Oc1cncnc1N1CCCC1)C(C)C. The number of halogens is 1. The summed E-state index contributed by atoms with van der Waals surface area (Å²) in [5.74, 6) is 0.713. The molecule has 7 heteroatoms. The highest BCUT2D eigenvalue weighted by Crippen LogP contribution is 2.34. The zero-order valence-corrected chi connectivity index (χ0v) is 16.9. The lowest BCUT2D eigenvalue weighted by molar-refractivity contribution is 0.0640. The fourth-order valence-electron chi connectivity index (χ4n) is 3.63. The maximum absolute atomic E-state index is 14.0. The van der Waals surface area contributed by atoms with Crippen molar-refractivity contribution in [2.45, 2.75) is 52.6 Å². The molecule has 6 nitrogen and oxygen atoms in total. The summed E-state index contributed by atoms with van der Waals surface area (Å²) in [5, 5.41) is 0. The lowest BCUT2D eigenvalue weighted by Gasteiger charge is -2.31. The Balaban J connectivity index is 1.97. The van der Waals surface area contributed by atoms with E-state index in [2.05, 4.69) is 14.9 Å². The minimum atomic E-state index is -0.479. The van der Waals surface area contributed by atoms with Crippen molar-refractivity contribution in [3.8, 4) is 11.5 Å². The fourth-order valence-corrected chi connectivity index (χ4v) is 3.63. The normalized spacial score (nSPS) is 14.0. The van der Waals surface area contributed by atoms with Gasteiger partial charge in [0.15, 0.2) is 11.6 Å². The Labute approximate surface area is 165 Å². The number of benzene rings is 1. The number of ether oxygens (including phenoxy) is 1. The van der Waals surface area contributed by atoms with Gasteiger partial charge >= 0.3 is 0 Å². The van der Waals surface area contributed by atoms with Crippen LogP contribution in [0.4, 0.5) is 10.2 Å². The molecule has 0 saturated carbocycles. The van der Waals surface area contributed by atoms with Gasteiger partial charge in [-0.15, -0.1) is 0 Å². The quantitative estimate of drug-likeness (QED) is 0.742. The van der Waals surface area contributed by atoms with Gasteiger partial charge in [-0.2, -0.15) is 0 Å². The van der Waals surface area contributed by atoms with E-state index in [9.17, 15) is 9.18 Å². The van der Waals surface area contributed by atoms with Crippen molar-refractivity contribution in [3.05, 3.63) is 42.1 Å². The highest BCUT2D eigenvalue weighted by atomic mass is 19.1. The lowest BCUT2D eigenvalue weighted by atomic mass is 10.1. The summed E-state index contributed by atoms with van der Waals surface area (Å²) in [6.07, 6.45) is 5.26. The summed E-state index contributed by atoms with van der Waals surface area (Å²) in [6.45, 7) is 9.55. The predicted octanol–water partition coefficient (Wildman–Crippen LogP) is 4.27. The molecule has 1 aliphatic rings. The number of anilines is 1. The van der Waals surface area contributed by atoms with Gasteiger partial charge in [-0.05, 0) is 58.7 Å². The fraction of sp³-hybridized carbons (Fsp3) is 0.476. The molecule has 2 heterocycles. The van der Waals surface area contributed by atoms with Crippen LogP contribution in [0.5, 0.6) is 11.5 Å². The van der Waals surface area contributed by atoms with E-state index in [1.165, 1.54) is 24.5 Å².